The summed E-state index contributed by atoms with van der Waals surface area (Å²) in [4.78, 5) is 0. The zero-order chi connectivity index (χ0) is 13.0. The minimum absolute atomic E-state index is 0.301. The number of benzene rings is 2. The maximum atomic E-state index is 13.0. The third kappa shape index (κ3) is 3.31. The number of hydrogen-bond donors (Lipinski definition) is 1. The molecular formula is C14H13BrFNO. The van der Waals surface area contributed by atoms with Crippen LogP contribution < -0.4 is 10.5 Å². The number of halogens is 2. The molecule has 0 heterocycles. The normalized spacial score (nSPS) is 10.4. The highest BCUT2D eigenvalue weighted by molar-refractivity contribution is 9.10. The summed E-state index contributed by atoms with van der Waals surface area (Å²) >= 11 is 3.47. The van der Waals surface area contributed by atoms with E-state index in [1.54, 1.807) is 12.1 Å². The number of hydrogen-bond acceptors (Lipinski definition) is 2. The maximum Gasteiger partial charge on any atom is 0.126 e. The third-order valence-electron chi connectivity index (χ3n) is 2.54. The van der Waals surface area contributed by atoms with Gasteiger partial charge in [0.05, 0.1) is 0 Å². The molecule has 4 heteroatoms. The molecule has 0 bridgehead atoms. The SMILES string of the molecule is NCc1ccc(COc2cccc(F)c2)c(Br)c1. The molecule has 0 radical (unpaired) electrons. The van der Waals surface area contributed by atoms with Gasteiger partial charge in [0.2, 0.25) is 0 Å². The van der Waals surface area contributed by atoms with Crippen molar-refractivity contribution in [1.29, 1.82) is 0 Å². The molecule has 2 aromatic rings. The van der Waals surface area contributed by atoms with Crippen LogP contribution in [0.4, 0.5) is 4.39 Å². The minimum Gasteiger partial charge on any atom is -0.489 e. The quantitative estimate of drug-likeness (QED) is 0.936. The molecule has 0 saturated carbocycles. The molecule has 0 unspecified atom stereocenters. The van der Waals surface area contributed by atoms with Gasteiger partial charge in [-0.1, -0.05) is 34.1 Å². The van der Waals surface area contributed by atoms with Gasteiger partial charge in [0.1, 0.15) is 18.2 Å². The van der Waals surface area contributed by atoms with E-state index in [9.17, 15) is 4.39 Å². The molecule has 2 aromatic carbocycles. The molecular weight excluding hydrogens is 297 g/mol. The first kappa shape index (κ1) is 13.1. The van der Waals surface area contributed by atoms with Crippen LogP contribution in [0.15, 0.2) is 46.9 Å². The molecule has 0 aromatic heterocycles. The molecule has 2 nitrogen and oxygen atoms in total. The van der Waals surface area contributed by atoms with Gasteiger partial charge >= 0.3 is 0 Å². The van der Waals surface area contributed by atoms with Gasteiger partial charge in [0.25, 0.3) is 0 Å². The van der Waals surface area contributed by atoms with Gasteiger partial charge in [-0.3, -0.25) is 0 Å². The Balaban J connectivity index is 2.06. The Kier molecular flexibility index (Phi) is 4.33. The van der Waals surface area contributed by atoms with E-state index in [2.05, 4.69) is 15.9 Å². The second kappa shape index (κ2) is 5.98. The largest absolute Gasteiger partial charge is 0.489 e. The van der Waals surface area contributed by atoms with E-state index in [1.807, 2.05) is 18.2 Å². The summed E-state index contributed by atoms with van der Waals surface area (Å²) in [6, 6.07) is 12.0. The summed E-state index contributed by atoms with van der Waals surface area (Å²) in [7, 11) is 0. The van der Waals surface area contributed by atoms with Gasteiger partial charge in [-0.2, -0.15) is 0 Å². The maximum absolute atomic E-state index is 13.0. The van der Waals surface area contributed by atoms with Gasteiger partial charge < -0.3 is 10.5 Å². The second-order valence-corrected chi connectivity index (χ2v) is 4.73. The van der Waals surface area contributed by atoms with E-state index < -0.39 is 0 Å². The molecule has 2 N–H and O–H groups in total. The van der Waals surface area contributed by atoms with Crippen LogP contribution in [-0.4, -0.2) is 0 Å². The lowest BCUT2D eigenvalue weighted by Gasteiger charge is -2.09. The zero-order valence-corrected chi connectivity index (χ0v) is 11.3. The van der Waals surface area contributed by atoms with Crippen LogP contribution in [0.3, 0.4) is 0 Å². The lowest BCUT2D eigenvalue weighted by Crippen LogP contribution is -2.00. The van der Waals surface area contributed by atoms with Gasteiger partial charge in [-0.05, 0) is 23.8 Å². The number of rotatable bonds is 4. The van der Waals surface area contributed by atoms with E-state index in [-0.39, 0.29) is 5.82 Å². The van der Waals surface area contributed by atoms with Crippen molar-refractivity contribution in [3.63, 3.8) is 0 Å². The Morgan fingerprint density at radius 3 is 2.67 bits per heavy atom. The molecule has 0 aliphatic carbocycles. The summed E-state index contributed by atoms with van der Waals surface area (Å²) in [6.45, 7) is 0.887. The first-order chi connectivity index (χ1) is 8.69. The average molecular weight is 310 g/mol. The van der Waals surface area contributed by atoms with Crippen LogP contribution in [-0.2, 0) is 13.2 Å². The van der Waals surface area contributed by atoms with Crippen LogP contribution in [0.2, 0.25) is 0 Å². The first-order valence-corrected chi connectivity index (χ1v) is 6.34. The van der Waals surface area contributed by atoms with E-state index in [0.717, 1.165) is 15.6 Å². The highest BCUT2D eigenvalue weighted by atomic mass is 79.9. The minimum atomic E-state index is -0.301. The molecule has 94 valence electrons. The molecule has 0 atom stereocenters. The fourth-order valence-electron chi connectivity index (χ4n) is 1.55. The van der Waals surface area contributed by atoms with Crippen LogP contribution >= 0.6 is 15.9 Å². The van der Waals surface area contributed by atoms with Gasteiger partial charge in [-0.25, -0.2) is 4.39 Å². The molecule has 18 heavy (non-hydrogen) atoms. The van der Waals surface area contributed by atoms with Crippen molar-refractivity contribution in [2.24, 2.45) is 5.73 Å². The summed E-state index contributed by atoms with van der Waals surface area (Å²) in [6.07, 6.45) is 0. The van der Waals surface area contributed by atoms with Crippen molar-refractivity contribution in [3.8, 4) is 5.75 Å². The van der Waals surface area contributed by atoms with Gasteiger partial charge in [0, 0.05) is 22.6 Å². The summed E-state index contributed by atoms with van der Waals surface area (Å²) in [5.74, 6) is 0.217. The summed E-state index contributed by atoms with van der Waals surface area (Å²) < 4.78 is 19.4. The van der Waals surface area contributed by atoms with Crippen LogP contribution in [0.25, 0.3) is 0 Å². The van der Waals surface area contributed by atoms with Crippen molar-refractivity contribution in [3.05, 3.63) is 63.9 Å². The Morgan fingerprint density at radius 2 is 2.00 bits per heavy atom. The predicted octanol–water partition coefficient (Wildman–Crippen LogP) is 3.63. The standard InChI is InChI=1S/C14H13BrFNO/c15-14-6-10(8-17)4-5-11(14)9-18-13-3-1-2-12(16)7-13/h1-7H,8-9,17H2. The van der Waals surface area contributed by atoms with E-state index in [0.29, 0.717) is 18.9 Å². The Bertz CT molecular complexity index is 545. The fraction of sp³-hybridized carbons (Fsp3) is 0.143. The van der Waals surface area contributed by atoms with Crippen molar-refractivity contribution in [2.75, 3.05) is 0 Å². The highest BCUT2D eigenvalue weighted by Crippen LogP contribution is 2.21. The smallest absolute Gasteiger partial charge is 0.126 e. The van der Waals surface area contributed by atoms with E-state index in [1.165, 1.54) is 12.1 Å². The molecule has 0 amide bonds. The van der Waals surface area contributed by atoms with E-state index in [4.69, 9.17) is 10.5 Å². The lowest BCUT2D eigenvalue weighted by molar-refractivity contribution is 0.304. The summed E-state index contributed by atoms with van der Waals surface area (Å²) in [5, 5.41) is 0. The van der Waals surface area contributed by atoms with Crippen LogP contribution in [0, 0.1) is 5.82 Å². The average Bonchev–Trinajstić information content (AvgIpc) is 2.37. The number of ether oxygens (including phenoxy) is 1. The zero-order valence-electron chi connectivity index (χ0n) is 9.70. The van der Waals surface area contributed by atoms with Crippen LogP contribution in [0.5, 0.6) is 5.75 Å². The van der Waals surface area contributed by atoms with E-state index >= 15 is 0 Å². The Hall–Kier alpha value is -1.39. The van der Waals surface area contributed by atoms with Crippen LogP contribution in [0.1, 0.15) is 11.1 Å². The van der Waals surface area contributed by atoms with Crippen molar-refractivity contribution in [2.45, 2.75) is 13.2 Å². The molecule has 2 rings (SSSR count). The third-order valence-corrected chi connectivity index (χ3v) is 3.28. The van der Waals surface area contributed by atoms with Crippen molar-refractivity contribution >= 4 is 15.9 Å². The Labute approximate surface area is 114 Å². The molecule has 0 aliphatic rings. The Morgan fingerprint density at radius 1 is 1.17 bits per heavy atom. The lowest BCUT2D eigenvalue weighted by atomic mass is 10.1. The van der Waals surface area contributed by atoms with Gasteiger partial charge in [-0.15, -0.1) is 0 Å². The molecule has 0 fully saturated rings. The molecule has 0 aliphatic heterocycles. The fourth-order valence-corrected chi connectivity index (χ4v) is 2.09. The molecule has 0 spiro atoms. The van der Waals surface area contributed by atoms with Crippen molar-refractivity contribution < 1.29 is 9.13 Å². The monoisotopic (exact) mass is 309 g/mol. The van der Waals surface area contributed by atoms with Crippen molar-refractivity contribution in [1.82, 2.24) is 0 Å². The molecule has 0 saturated heterocycles. The highest BCUT2D eigenvalue weighted by Gasteiger charge is 2.03. The first-order valence-electron chi connectivity index (χ1n) is 5.55. The number of nitrogens with two attached hydrogens (primary N) is 1. The predicted molar refractivity (Wildman–Crippen MR) is 72.8 cm³/mol. The van der Waals surface area contributed by atoms with Gasteiger partial charge in [0.15, 0.2) is 0 Å². The second-order valence-electron chi connectivity index (χ2n) is 3.88. The topological polar surface area (TPSA) is 35.2 Å². The summed E-state index contributed by atoms with van der Waals surface area (Å²) in [5.41, 5.74) is 7.61.